The monoisotopic (exact) mass is 281 g/mol. The lowest BCUT2D eigenvalue weighted by atomic mass is 9.96. The summed E-state index contributed by atoms with van der Waals surface area (Å²) in [5.41, 5.74) is 0.372. The maximum atomic E-state index is 11.5. The summed E-state index contributed by atoms with van der Waals surface area (Å²) in [6.45, 7) is 3.38. The van der Waals surface area contributed by atoms with Crippen LogP contribution in [0, 0.1) is 0 Å². The lowest BCUT2D eigenvalue weighted by molar-refractivity contribution is -0.140. The molecule has 1 aliphatic carbocycles. The summed E-state index contributed by atoms with van der Waals surface area (Å²) >= 11 is 0. The summed E-state index contributed by atoms with van der Waals surface area (Å²) < 4.78 is 25.5. The van der Waals surface area contributed by atoms with Crippen molar-refractivity contribution in [2.75, 3.05) is 10.5 Å². The fourth-order valence-electron chi connectivity index (χ4n) is 1.98. The van der Waals surface area contributed by atoms with E-state index in [-0.39, 0.29) is 5.75 Å². The molecule has 1 aromatic carbocycles. The number of hydrogen-bond acceptors (Lipinski definition) is 3. The van der Waals surface area contributed by atoms with Crippen molar-refractivity contribution in [1.82, 2.24) is 0 Å². The summed E-state index contributed by atoms with van der Waals surface area (Å²) in [5, 5.41) is 9.16. The van der Waals surface area contributed by atoms with Gasteiger partial charge in [-0.15, -0.1) is 6.58 Å². The average Bonchev–Trinajstić information content (AvgIpc) is 3.10. The Morgan fingerprint density at radius 3 is 2.37 bits per heavy atom. The molecular weight excluding hydrogens is 266 g/mol. The number of nitrogens with one attached hydrogen (secondary N) is 1. The Kier molecular flexibility index (Phi) is 3.36. The van der Waals surface area contributed by atoms with Crippen LogP contribution in [0.25, 0.3) is 0 Å². The van der Waals surface area contributed by atoms with E-state index in [1.54, 1.807) is 24.3 Å². The highest BCUT2D eigenvalue weighted by molar-refractivity contribution is 7.92. The molecule has 0 spiro atoms. The van der Waals surface area contributed by atoms with Gasteiger partial charge in [0.25, 0.3) is 0 Å². The van der Waals surface area contributed by atoms with Gasteiger partial charge in [0, 0.05) is 5.69 Å². The van der Waals surface area contributed by atoms with Crippen LogP contribution in [0.5, 0.6) is 0 Å². The minimum Gasteiger partial charge on any atom is -0.481 e. The van der Waals surface area contributed by atoms with Gasteiger partial charge in [-0.25, -0.2) is 8.42 Å². The van der Waals surface area contributed by atoms with E-state index in [4.69, 9.17) is 5.11 Å². The topological polar surface area (TPSA) is 83.5 Å². The molecule has 0 unspecified atom stereocenters. The molecule has 1 aromatic rings. The average molecular weight is 281 g/mol. The summed E-state index contributed by atoms with van der Waals surface area (Å²) in [7, 11) is -3.42. The third kappa shape index (κ3) is 2.78. The maximum absolute atomic E-state index is 11.5. The molecule has 2 rings (SSSR count). The fraction of sp³-hybridized carbons (Fsp3) is 0.308. The molecule has 0 atom stereocenters. The van der Waals surface area contributed by atoms with Gasteiger partial charge in [0.2, 0.25) is 10.0 Å². The molecule has 1 aliphatic rings. The summed E-state index contributed by atoms with van der Waals surface area (Å²) in [6.07, 6.45) is 2.56. The zero-order valence-electron chi connectivity index (χ0n) is 10.3. The van der Waals surface area contributed by atoms with E-state index in [0.717, 1.165) is 0 Å². The number of benzene rings is 1. The van der Waals surface area contributed by atoms with Crippen LogP contribution in [0.15, 0.2) is 36.9 Å². The molecule has 1 saturated carbocycles. The second-order valence-corrected chi connectivity index (χ2v) is 6.40. The third-order valence-electron chi connectivity index (χ3n) is 3.21. The molecule has 0 aliphatic heterocycles. The van der Waals surface area contributed by atoms with Gasteiger partial charge in [-0.1, -0.05) is 18.2 Å². The van der Waals surface area contributed by atoms with E-state index in [1.165, 1.54) is 6.08 Å². The largest absolute Gasteiger partial charge is 0.481 e. The van der Waals surface area contributed by atoms with Crippen LogP contribution < -0.4 is 4.72 Å². The first-order valence-corrected chi connectivity index (χ1v) is 7.50. The number of rotatable bonds is 6. The smallest absolute Gasteiger partial charge is 0.314 e. The van der Waals surface area contributed by atoms with Gasteiger partial charge in [-0.05, 0) is 30.5 Å². The van der Waals surface area contributed by atoms with E-state index in [0.29, 0.717) is 24.1 Å². The molecule has 2 N–H and O–H groups in total. The van der Waals surface area contributed by atoms with E-state index >= 15 is 0 Å². The first kappa shape index (κ1) is 13.6. The summed E-state index contributed by atoms with van der Waals surface area (Å²) in [5.74, 6) is -0.985. The lowest BCUT2D eigenvalue weighted by Crippen LogP contribution is -2.19. The number of sulfonamides is 1. The Labute approximate surface area is 112 Å². The Morgan fingerprint density at radius 2 is 1.95 bits per heavy atom. The van der Waals surface area contributed by atoms with Crippen LogP contribution in [0.3, 0.4) is 0 Å². The number of carbonyl (C=O) groups is 1. The van der Waals surface area contributed by atoms with Crippen LogP contribution in [0.4, 0.5) is 5.69 Å². The van der Waals surface area contributed by atoms with Crippen LogP contribution >= 0.6 is 0 Å². The van der Waals surface area contributed by atoms with Crippen LogP contribution in [-0.2, 0) is 20.2 Å². The molecule has 0 radical (unpaired) electrons. The van der Waals surface area contributed by atoms with Crippen LogP contribution in [0.2, 0.25) is 0 Å². The molecule has 1 fully saturated rings. The van der Waals surface area contributed by atoms with Crippen LogP contribution in [-0.4, -0.2) is 25.2 Å². The van der Waals surface area contributed by atoms with Crippen LogP contribution in [0.1, 0.15) is 18.4 Å². The van der Waals surface area contributed by atoms with Crippen molar-refractivity contribution in [3.63, 3.8) is 0 Å². The van der Waals surface area contributed by atoms with Gasteiger partial charge in [-0.2, -0.15) is 0 Å². The van der Waals surface area contributed by atoms with Gasteiger partial charge in [0.05, 0.1) is 11.2 Å². The van der Waals surface area contributed by atoms with Crippen molar-refractivity contribution in [3.05, 3.63) is 42.5 Å². The molecule has 102 valence electrons. The molecule has 0 amide bonds. The summed E-state index contributed by atoms with van der Waals surface area (Å²) in [4.78, 5) is 11.2. The first-order chi connectivity index (χ1) is 8.89. The molecule has 0 aromatic heterocycles. The summed E-state index contributed by atoms with van der Waals surface area (Å²) in [6, 6.07) is 6.48. The molecule has 0 saturated heterocycles. The van der Waals surface area contributed by atoms with E-state index in [2.05, 4.69) is 11.3 Å². The van der Waals surface area contributed by atoms with Crippen molar-refractivity contribution < 1.29 is 18.3 Å². The Bertz CT molecular complexity index is 600. The second kappa shape index (κ2) is 4.70. The predicted molar refractivity (Wildman–Crippen MR) is 72.6 cm³/mol. The van der Waals surface area contributed by atoms with E-state index in [9.17, 15) is 13.2 Å². The van der Waals surface area contributed by atoms with Gasteiger partial charge in [-0.3, -0.25) is 9.52 Å². The molecule has 5 nitrogen and oxygen atoms in total. The van der Waals surface area contributed by atoms with E-state index < -0.39 is 21.4 Å². The van der Waals surface area contributed by atoms with Crippen molar-refractivity contribution in [2.24, 2.45) is 0 Å². The first-order valence-electron chi connectivity index (χ1n) is 5.85. The SMILES string of the molecule is C=CCS(=O)(=O)Nc1ccc(C2(C(=O)O)CC2)cc1. The normalized spacial score (nSPS) is 16.6. The number of hydrogen-bond donors (Lipinski definition) is 2. The number of aliphatic carboxylic acids is 1. The molecule has 19 heavy (non-hydrogen) atoms. The van der Waals surface area contributed by atoms with Gasteiger partial charge >= 0.3 is 5.97 Å². The molecular formula is C13H15NO4S. The van der Waals surface area contributed by atoms with Gasteiger partial charge in [0.15, 0.2) is 0 Å². The lowest BCUT2D eigenvalue weighted by Gasteiger charge is -2.11. The fourth-order valence-corrected chi connectivity index (χ4v) is 2.87. The molecule has 6 heteroatoms. The highest BCUT2D eigenvalue weighted by atomic mass is 32.2. The zero-order chi connectivity index (χ0) is 14.1. The Morgan fingerprint density at radius 1 is 1.37 bits per heavy atom. The number of carboxylic acid groups (broad SMARTS) is 1. The van der Waals surface area contributed by atoms with Gasteiger partial charge < -0.3 is 5.11 Å². The molecule has 0 bridgehead atoms. The van der Waals surface area contributed by atoms with Crippen molar-refractivity contribution in [2.45, 2.75) is 18.3 Å². The predicted octanol–water partition coefficient (Wildman–Crippen LogP) is 1.73. The Balaban J connectivity index is 2.16. The minimum atomic E-state index is -3.42. The number of carboxylic acids is 1. The quantitative estimate of drug-likeness (QED) is 0.778. The Hall–Kier alpha value is -1.82. The minimum absolute atomic E-state index is 0.159. The zero-order valence-corrected chi connectivity index (χ0v) is 11.1. The molecule has 0 heterocycles. The number of anilines is 1. The second-order valence-electron chi connectivity index (χ2n) is 4.64. The van der Waals surface area contributed by atoms with E-state index in [1.807, 2.05) is 0 Å². The maximum Gasteiger partial charge on any atom is 0.314 e. The van der Waals surface area contributed by atoms with Crippen molar-refractivity contribution in [1.29, 1.82) is 0 Å². The van der Waals surface area contributed by atoms with Crippen molar-refractivity contribution in [3.8, 4) is 0 Å². The highest BCUT2D eigenvalue weighted by Gasteiger charge is 2.51. The van der Waals surface area contributed by atoms with Crippen molar-refractivity contribution >= 4 is 21.7 Å². The highest BCUT2D eigenvalue weighted by Crippen LogP contribution is 2.48. The standard InChI is InChI=1S/C13H15NO4S/c1-2-9-19(17,18)14-11-5-3-10(4-6-11)13(7-8-13)12(15)16/h2-6,14H,1,7-9H2,(H,15,16). The third-order valence-corrected chi connectivity index (χ3v) is 4.43. The van der Waals surface area contributed by atoms with Gasteiger partial charge in [0.1, 0.15) is 0 Å².